The molecule has 0 heterocycles. The number of hydrogen-bond donors (Lipinski definition) is 1. The summed E-state index contributed by atoms with van der Waals surface area (Å²) in [6, 6.07) is 0. The zero-order chi connectivity index (χ0) is 21.2. The number of aliphatic hydroxyl groups is 1. The lowest BCUT2D eigenvalue weighted by Crippen LogP contribution is -2.70. The van der Waals surface area contributed by atoms with E-state index in [2.05, 4.69) is 0 Å². The van der Waals surface area contributed by atoms with E-state index in [1.165, 1.54) is 0 Å². The molecule has 0 aliphatic carbocycles. The standard InChI is InChI=1S/C13H16F12O/c1-2-3-4-5-6-7-8(14,15)9(16,17)10(18,19)11(20,21)12(22,23)13(24,25)26/h26H,2-7H2,1H3. The summed E-state index contributed by atoms with van der Waals surface area (Å²) in [7, 11) is 0. The van der Waals surface area contributed by atoms with Gasteiger partial charge in [-0.1, -0.05) is 32.6 Å². The fraction of sp³-hybridized carbons (Fsp3) is 1.00. The van der Waals surface area contributed by atoms with E-state index in [0.717, 1.165) is 0 Å². The molecule has 0 spiro atoms. The largest absolute Gasteiger partial charge is 0.423 e. The molecular formula is C13H16F12O. The van der Waals surface area contributed by atoms with Crippen LogP contribution in [0, 0.1) is 0 Å². The third kappa shape index (κ3) is 4.16. The number of alkyl halides is 12. The fourth-order valence-electron chi connectivity index (χ4n) is 1.92. The van der Waals surface area contributed by atoms with E-state index in [1.807, 2.05) is 0 Å². The molecule has 0 saturated heterocycles. The van der Waals surface area contributed by atoms with Gasteiger partial charge in [-0.3, -0.25) is 0 Å². The second-order valence-electron chi connectivity index (χ2n) is 5.71. The van der Waals surface area contributed by atoms with E-state index in [4.69, 9.17) is 5.11 Å². The highest BCUT2D eigenvalue weighted by Gasteiger charge is 2.90. The first-order valence-electron chi connectivity index (χ1n) is 7.30. The molecule has 0 aliphatic rings. The average Bonchev–Trinajstić information content (AvgIpc) is 2.44. The van der Waals surface area contributed by atoms with Gasteiger partial charge in [0.15, 0.2) is 0 Å². The molecule has 0 unspecified atom stereocenters. The van der Waals surface area contributed by atoms with E-state index in [1.54, 1.807) is 6.92 Å². The van der Waals surface area contributed by atoms with Crippen molar-refractivity contribution < 1.29 is 57.8 Å². The summed E-state index contributed by atoms with van der Waals surface area (Å²) in [6.45, 7) is 1.70. The SMILES string of the molecule is CCCCCCCC(F)(F)C(F)(F)C(F)(F)C(F)(F)C(F)(F)C(O)(F)F. The van der Waals surface area contributed by atoms with Crippen molar-refractivity contribution in [1.29, 1.82) is 0 Å². The third-order valence-corrected chi connectivity index (χ3v) is 3.61. The first-order valence-corrected chi connectivity index (χ1v) is 7.30. The second kappa shape index (κ2) is 7.63. The van der Waals surface area contributed by atoms with Crippen molar-refractivity contribution >= 4 is 0 Å². The van der Waals surface area contributed by atoms with Crippen LogP contribution in [0.5, 0.6) is 0 Å². The molecule has 13 heteroatoms. The van der Waals surface area contributed by atoms with Crippen molar-refractivity contribution in [3.05, 3.63) is 0 Å². The molecular weight excluding hydrogens is 400 g/mol. The number of hydrogen-bond acceptors (Lipinski definition) is 1. The molecule has 0 aromatic carbocycles. The van der Waals surface area contributed by atoms with Gasteiger partial charge in [-0.05, 0) is 6.42 Å². The Morgan fingerprint density at radius 3 is 1.31 bits per heavy atom. The van der Waals surface area contributed by atoms with Crippen LogP contribution in [0.15, 0.2) is 0 Å². The Morgan fingerprint density at radius 2 is 0.923 bits per heavy atom. The molecule has 158 valence electrons. The maximum absolute atomic E-state index is 13.4. The van der Waals surface area contributed by atoms with Crippen molar-refractivity contribution in [2.24, 2.45) is 0 Å². The van der Waals surface area contributed by atoms with Crippen molar-refractivity contribution in [1.82, 2.24) is 0 Å². The summed E-state index contributed by atoms with van der Waals surface area (Å²) in [5.41, 5.74) is 0. The molecule has 0 rings (SSSR count). The summed E-state index contributed by atoms with van der Waals surface area (Å²) in [4.78, 5) is 0. The zero-order valence-electron chi connectivity index (χ0n) is 13.2. The Labute approximate surface area is 140 Å². The Morgan fingerprint density at radius 1 is 0.538 bits per heavy atom. The Bertz CT molecular complexity index is 455. The number of rotatable bonds is 11. The van der Waals surface area contributed by atoms with Crippen LogP contribution in [-0.2, 0) is 0 Å². The van der Waals surface area contributed by atoms with Gasteiger partial charge in [0.05, 0.1) is 0 Å². The minimum Gasteiger partial charge on any atom is -0.331 e. The molecule has 1 N–H and O–H groups in total. The molecule has 26 heavy (non-hydrogen) atoms. The molecule has 0 fully saturated rings. The Kier molecular flexibility index (Phi) is 7.37. The summed E-state index contributed by atoms with van der Waals surface area (Å²) in [5.74, 6) is -35.7. The lowest BCUT2D eigenvalue weighted by molar-refractivity contribution is -0.451. The lowest BCUT2D eigenvalue weighted by atomic mass is 9.91. The molecule has 0 atom stereocenters. The summed E-state index contributed by atoms with van der Waals surface area (Å²) in [6.07, 6.45) is -8.60. The predicted molar refractivity (Wildman–Crippen MR) is 65.3 cm³/mol. The van der Waals surface area contributed by atoms with E-state index >= 15 is 0 Å². The molecule has 0 saturated carbocycles. The molecule has 0 aliphatic heterocycles. The first kappa shape index (κ1) is 25.1. The molecule has 0 amide bonds. The van der Waals surface area contributed by atoms with Crippen molar-refractivity contribution in [2.75, 3.05) is 0 Å². The van der Waals surface area contributed by atoms with Crippen LogP contribution in [0.2, 0.25) is 0 Å². The highest BCUT2D eigenvalue weighted by molar-refractivity contribution is 5.09. The van der Waals surface area contributed by atoms with Crippen LogP contribution in [0.25, 0.3) is 0 Å². The Balaban J connectivity index is 5.64. The normalized spacial score (nSPS) is 15.5. The maximum atomic E-state index is 13.4. The van der Waals surface area contributed by atoms with E-state index in [0.29, 0.717) is 12.8 Å². The third-order valence-electron chi connectivity index (χ3n) is 3.61. The van der Waals surface area contributed by atoms with Gasteiger partial charge in [0.1, 0.15) is 0 Å². The van der Waals surface area contributed by atoms with Crippen LogP contribution in [0.3, 0.4) is 0 Å². The molecule has 0 aromatic rings. The maximum Gasteiger partial charge on any atom is 0.423 e. The number of halogens is 12. The highest BCUT2D eigenvalue weighted by atomic mass is 19.4. The quantitative estimate of drug-likeness (QED) is 0.318. The smallest absolute Gasteiger partial charge is 0.331 e. The van der Waals surface area contributed by atoms with Crippen LogP contribution in [0.4, 0.5) is 52.7 Å². The predicted octanol–water partition coefficient (Wildman–Crippen LogP) is 6.11. The first-order chi connectivity index (χ1) is 11.3. The highest BCUT2D eigenvalue weighted by Crippen LogP contribution is 2.60. The van der Waals surface area contributed by atoms with Crippen LogP contribution < -0.4 is 0 Å². The van der Waals surface area contributed by atoms with E-state index in [-0.39, 0.29) is 12.8 Å². The zero-order valence-corrected chi connectivity index (χ0v) is 13.2. The van der Waals surface area contributed by atoms with Crippen LogP contribution in [0.1, 0.15) is 45.4 Å². The fourth-order valence-corrected chi connectivity index (χ4v) is 1.92. The van der Waals surface area contributed by atoms with Gasteiger partial charge in [-0.25, -0.2) is 0 Å². The molecule has 0 aromatic heterocycles. The van der Waals surface area contributed by atoms with Gasteiger partial charge >= 0.3 is 35.7 Å². The van der Waals surface area contributed by atoms with Gasteiger partial charge in [-0.15, -0.1) is 0 Å². The lowest BCUT2D eigenvalue weighted by Gasteiger charge is -2.40. The molecule has 0 radical (unpaired) electrons. The monoisotopic (exact) mass is 416 g/mol. The van der Waals surface area contributed by atoms with Gasteiger partial charge in [0, 0.05) is 6.42 Å². The van der Waals surface area contributed by atoms with Crippen molar-refractivity contribution in [3.8, 4) is 0 Å². The van der Waals surface area contributed by atoms with Gasteiger partial charge in [-0.2, -0.15) is 52.7 Å². The van der Waals surface area contributed by atoms with Gasteiger partial charge in [0.25, 0.3) is 0 Å². The van der Waals surface area contributed by atoms with Gasteiger partial charge < -0.3 is 5.11 Å². The van der Waals surface area contributed by atoms with E-state index in [9.17, 15) is 52.7 Å². The molecule has 1 nitrogen and oxygen atoms in total. The summed E-state index contributed by atoms with van der Waals surface area (Å²) >= 11 is 0. The van der Waals surface area contributed by atoms with E-state index < -0.39 is 48.6 Å². The van der Waals surface area contributed by atoms with Crippen molar-refractivity contribution in [3.63, 3.8) is 0 Å². The average molecular weight is 416 g/mol. The van der Waals surface area contributed by atoms with Crippen LogP contribution >= 0.6 is 0 Å². The molecule has 0 bridgehead atoms. The Hall–Kier alpha value is -0.880. The van der Waals surface area contributed by atoms with Crippen molar-refractivity contribution in [2.45, 2.75) is 81.2 Å². The summed E-state index contributed by atoms with van der Waals surface area (Å²) < 4.78 is 156. The minimum absolute atomic E-state index is 0.160. The number of unbranched alkanes of at least 4 members (excludes halogenated alkanes) is 4. The van der Waals surface area contributed by atoms with Gasteiger partial charge in [0.2, 0.25) is 0 Å². The summed E-state index contributed by atoms with van der Waals surface area (Å²) in [5, 5.41) is 7.61. The topological polar surface area (TPSA) is 20.2 Å². The minimum atomic E-state index is -7.69. The second-order valence-corrected chi connectivity index (χ2v) is 5.71. The van der Waals surface area contributed by atoms with Crippen LogP contribution in [-0.4, -0.2) is 40.8 Å².